The lowest BCUT2D eigenvalue weighted by Crippen LogP contribution is -2.55. The van der Waals surface area contributed by atoms with Crippen LogP contribution in [0.2, 0.25) is 0 Å². The van der Waals surface area contributed by atoms with Crippen LogP contribution in [-0.2, 0) is 0 Å². The summed E-state index contributed by atoms with van der Waals surface area (Å²) >= 11 is 0. The first kappa shape index (κ1) is 24.8. The molecule has 4 aromatic carbocycles. The van der Waals surface area contributed by atoms with Gasteiger partial charge in [-0.2, -0.15) is 0 Å². The van der Waals surface area contributed by atoms with Gasteiger partial charge in [0.25, 0.3) is 0 Å². The maximum Gasteiger partial charge on any atom is 0.242 e. The highest BCUT2D eigenvalue weighted by atomic mass is 14.7. The van der Waals surface area contributed by atoms with Crippen LogP contribution in [0.3, 0.4) is 0 Å². The number of aryl methyl sites for hydroxylation is 6. The molecule has 0 N–H and O–H groups in total. The van der Waals surface area contributed by atoms with E-state index in [1.807, 2.05) is 6.07 Å². The third-order valence-electron chi connectivity index (χ3n) is 7.41. The Labute approximate surface area is 222 Å². The molecule has 0 saturated carbocycles. The SMILES string of the molecule is Cc1cc(C)c(B(c2ccc(-c3cccc(-c4ccccc4)n3)cc2)c2c(C)cc(C)cc2C)c(C)c1. The highest BCUT2D eigenvalue weighted by Crippen LogP contribution is 2.22. The largest absolute Gasteiger partial charge is 0.248 e. The molecule has 5 rings (SSSR count). The third kappa shape index (κ3) is 5.02. The second kappa shape index (κ2) is 10.2. The number of hydrogen-bond acceptors (Lipinski definition) is 1. The zero-order chi connectivity index (χ0) is 26.1. The van der Waals surface area contributed by atoms with E-state index in [0.29, 0.717) is 0 Å². The van der Waals surface area contributed by atoms with Crippen LogP contribution >= 0.6 is 0 Å². The Kier molecular flexibility index (Phi) is 6.85. The molecule has 0 aliphatic heterocycles. The van der Waals surface area contributed by atoms with E-state index in [1.54, 1.807) is 0 Å². The van der Waals surface area contributed by atoms with Crippen LogP contribution in [0.15, 0.2) is 97.1 Å². The first-order valence-electron chi connectivity index (χ1n) is 13.1. The van der Waals surface area contributed by atoms with Gasteiger partial charge >= 0.3 is 0 Å². The molecule has 0 atom stereocenters. The molecule has 0 aliphatic rings. The Morgan fingerprint density at radius 3 is 1.35 bits per heavy atom. The van der Waals surface area contributed by atoms with Gasteiger partial charge in [-0.15, -0.1) is 0 Å². The van der Waals surface area contributed by atoms with Crippen LogP contribution in [0.25, 0.3) is 22.5 Å². The molecule has 0 saturated heterocycles. The highest BCUT2D eigenvalue weighted by molar-refractivity contribution is 6.96. The van der Waals surface area contributed by atoms with E-state index >= 15 is 0 Å². The second-order valence-corrected chi connectivity index (χ2v) is 10.5. The van der Waals surface area contributed by atoms with Crippen molar-refractivity contribution in [2.24, 2.45) is 0 Å². The monoisotopic (exact) mass is 479 g/mol. The van der Waals surface area contributed by atoms with Crippen LogP contribution in [-0.4, -0.2) is 11.7 Å². The zero-order valence-electron chi connectivity index (χ0n) is 22.8. The normalized spacial score (nSPS) is 11.0. The lowest BCUT2D eigenvalue weighted by molar-refractivity contribution is 1.32. The highest BCUT2D eigenvalue weighted by Gasteiger charge is 2.28. The summed E-state index contributed by atoms with van der Waals surface area (Å²) in [5.41, 5.74) is 16.4. The lowest BCUT2D eigenvalue weighted by atomic mass is 9.34. The summed E-state index contributed by atoms with van der Waals surface area (Å²) in [5, 5.41) is 0. The topological polar surface area (TPSA) is 12.9 Å². The summed E-state index contributed by atoms with van der Waals surface area (Å²) in [7, 11) is 0. The molecule has 0 unspecified atom stereocenters. The smallest absolute Gasteiger partial charge is 0.242 e. The van der Waals surface area contributed by atoms with Gasteiger partial charge in [0, 0.05) is 11.1 Å². The Balaban J connectivity index is 1.62. The van der Waals surface area contributed by atoms with Gasteiger partial charge < -0.3 is 0 Å². The van der Waals surface area contributed by atoms with Gasteiger partial charge in [0.15, 0.2) is 0 Å². The maximum atomic E-state index is 4.98. The van der Waals surface area contributed by atoms with Gasteiger partial charge in [-0.25, -0.2) is 4.98 Å². The van der Waals surface area contributed by atoms with Crippen LogP contribution in [0, 0.1) is 41.5 Å². The second-order valence-electron chi connectivity index (χ2n) is 10.5. The van der Waals surface area contributed by atoms with Crippen LogP contribution in [0.5, 0.6) is 0 Å². The summed E-state index contributed by atoms with van der Waals surface area (Å²) in [6, 6.07) is 35.0. The van der Waals surface area contributed by atoms with E-state index in [9.17, 15) is 0 Å². The average Bonchev–Trinajstić information content (AvgIpc) is 2.87. The van der Waals surface area contributed by atoms with Crippen molar-refractivity contribution >= 4 is 23.1 Å². The van der Waals surface area contributed by atoms with Crippen molar-refractivity contribution in [3.63, 3.8) is 0 Å². The van der Waals surface area contributed by atoms with E-state index < -0.39 is 0 Å². The van der Waals surface area contributed by atoms with Gasteiger partial charge in [0.05, 0.1) is 11.4 Å². The van der Waals surface area contributed by atoms with Crippen molar-refractivity contribution in [3.05, 3.63) is 130 Å². The fourth-order valence-electron chi connectivity index (χ4n) is 5.98. The molecule has 0 amide bonds. The van der Waals surface area contributed by atoms with Crippen molar-refractivity contribution in [3.8, 4) is 22.5 Å². The van der Waals surface area contributed by atoms with Crippen molar-refractivity contribution in [2.75, 3.05) is 0 Å². The summed E-state index contributed by atoms with van der Waals surface area (Å²) < 4.78 is 0. The Hall–Kier alpha value is -3.91. The first-order valence-corrected chi connectivity index (χ1v) is 13.1. The summed E-state index contributed by atoms with van der Waals surface area (Å²) in [6.45, 7) is 13.6. The minimum atomic E-state index is 0.180. The van der Waals surface area contributed by atoms with E-state index in [-0.39, 0.29) is 6.71 Å². The van der Waals surface area contributed by atoms with E-state index in [4.69, 9.17) is 4.98 Å². The number of aromatic nitrogens is 1. The molecule has 1 heterocycles. The van der Waals surface area contributed by atoms with Crippen LogP contribution < -0.4 is 16.4 Å². The van der Waals surface area contributed by atoms with Gasteiger partial charge in [-0.3, -0.25) is 0 Å². The van der Waals surface area contributed by atoms with Gasteiger partial charge in [-0.1, -0.05) is 135 Å². The molecular weight excluding hydrogens is 445 g/mol. The van der Waals surface area contributed by atoms with Gasteiger partial charge in [-0.05, 0) is 53.7 Å². The van der Waals surface area contributed by atoms with Crippen LogP contribution in [0.1, 0.15) is 33.4 Å². The number of rotatable bonds is 5. The summed E-state index contributed by atoms with van der Waals surface area (Å²) in [4.78, 5) is 4.98. The molecular formula is C35H34BN. The summed E-state index contributed by atoms with van der Waals surface area (Å²) in [6.07, 6.45) is 0. The predicted octanol–water partition coefficient (Wildman–Crippen LogP) is 6.78. The van der Waals surface area contributed by atoms with Crippen molar-refractivity contribution in [1.82, 2.24) is 4.98 Å². The molecule has 2 heteroatoms. The standard InChI is InChI=1S/C35H34BN/c1-23-19-25(3)34(26(4)20-23)36(35-27(5)21-24(2)22-28(35)6)31-17-15-30(16-18-31)33-14-10-13-32(37-33)29-11-8-7-9-12-29/h7-22H,1-6H3. The predicted molar refractivity (Wildman–Crippen MR) is 161 cm³/mol. The minimum absolute atomic E-state index is 0.180. The molecule has 0 aliphatic carbocycles. The molecule has 5 aromatic rings. The molecule has 0 radical (unpaired) electrons. The average molecular weight is 479 g/mol. The number of benzene rings is 4. The van der Waals surface area contributed by atoms with E-state index in [2.05, 4.69) is 133 Å². The third-order valence-corrected chi connectivity index (χ3v) is 7.41. The molecule has 0 fully saturated rings. The molecule has 182 valence electrons. The number of pyridine rings is 1. The summed E-state index contributed by atoms with van der Waals surface area (Å²) in [5.74, 6) is 0. The van der Waals surface area contributed by atoms with Crippen molar-refractivity contribution in [2.45, 2.75) is 41.5 Å². The van der Waals surface area contributed by atoms with Gasteiger partial charge in [0.2, 0.25) is 6.71 Å². The molecule has 0 bridgehead atoms. The number of hydrogen-bond donors (Lipinski definition) is 0. The molecule has 1 nitrogen and oxygen atoms in total. The number of nitrogens with zero attached hydrogens (tertiary/aromatic N) is 1. The minimum Gasteiger partial charge on any atom is -0.248 e. The zero-order valence-corrected chi connectivity index (χ0v) is 22.8. The molecule has 0 spiro atoms. The molecule has 1 aromatic heterocycles. The fraction of sp³-hybridized carbons (Fsp3) is 0.171. The van der Waals surface area contributed by atoms with Crippen LogP contribution in [0.4, 0.5) is 0 Å². The lowest BCUT2D eigenvalue weighted by Gasteiger charge is -2.24. The van der Waals surface area contributed by atoms with Crippen molar-refractivity contribution < 1.29 is 0 Å². The Bertz CT molecular complexity index is 1460. The Morgan fingerprint density at radius 1 is 0.459 bits per heavy atom. The maximum absolute atomic E-state index is 4.98. The quantitative estimate of drug-likeness (QED) is 0.253. The van der Waals surface area contributed by atoms with Crippen molar-refractivity contribution in [1.29, 1.82) is 0 Å². The van der Waals surface area contributed by atoms with Gasteiger partial charge in [0.1, 0.15) is 0 Å². The first-order chi connectivity index (χ1) is 17.8. The molecule has 37 heavy (non-hydrogen) atoms. The van der Waals surface area contributed by atoms with E-state index in [1.165, 1.54) is 49.8 Å². The Morgan fingerprint density at radius 2 is 0.892 bits per heavy atom. The van der Waals surface area contributed by atoms with E-state index in [0.717, 1.165) is 22.5 Å². The fourth-order valence-corrected chi connectivity index (χ4v) is 5.98.